The Morgan fingerprint density at radius 1 is 0.266 bits per heavy atom. The van der Waals surface area contributed by atoms with Crippen LogP contribution < -0.4 is 0 Å². The minimum Gasteiger partial charge on any atom is -0.462 e. The second kappa shape index (κ2) is 65.0. The van der Waals surface area contributed by atoms with Crippen LogP contribution in [0.4, 0.5) is 0 Å². The lowest BCUT2D eigenvalue weighted by Gasteiger charge is -2.18. The average molecular weight is 1090 g/mol. The Labute approximate surface area is 484 Å². The molecule has 0 saturated heterocycles. The molecule has 0 fully saturated rings. The van der Waals surface area contributed by atoms with Crippen molar-refractivity contribution in [1.29, 1.82) is 0 Å². The minimum absolute atomic E-state index is 0.117. The molecule has 6 heteroatoms. The van der Waals surface area contributed by atoms with E-state index >= 15 is 0 Å². The number of carbonyl (C=O) groups is 3. The van der Waals surface area contributed by atoms with E-state index in [4.69, 9.17) is 14.2 Å². The van der Waals surface area contributed by atoms with Gasteiger partial charge in [-0.05, 0) is 154 Å². The zero-order chi connectivity index (χ0) is 57.1. The predicted molar refractivity (Wildman–Crippen MR) is 343 cm³/mol. The molecular formula is C73H112O6. The molecule has 0 heterocycles. The van der Waals surface area contributed by atoms with E-state index in [9.17, 15) is 14.4 Å². The third-order valence-corrected chi connectivity index (χ3v) is 12.4. The van der Waals surface area contributed by atoms with Crippen molar-refractivity contribution in [2.24, 2.45) is 0 Å². The van der Waals surface area contributed by atoms with Crippen LogP contribution in [0.3, 0.4) is 0 Å². The number of carbonyl (C=O) groups excluding carboxylic acids is 3. The van der Waals surface area contributed by atoms with Gasteiger partial charge in [-0.25, -0.2) is 0 Å². The SMILES string of the molecule is CC/C=C\C/C=C\C/C=C\C/C=C\C/C=C\C/C=C\C/C=C\C/C=C\CCCCC(=O)OCC(COC(=O)CCCCCCC/C=C\C/C=C\CCC)OC(=O)CCCCCCC/C=C\C/C=C\C/C=C\C/C=C\C/C=C\CC. The third-order valence-electron chi connectivity index (χ3n) is 12.4. The lowest BCUT2D eigenvalue weighted by Crippen LogP contribution is -2.30. The van der Waals surface area contributed by atoms with E-state index in [1.54, 1.807) is 0 Å². The van der Waals surface area contributed by atoms with Crippen LogP contribution in [0, 0.1) is 0 Å². The lowest BCUT2D eigenvalue weighted by atomic mass is 10.1. The van der Waals surface area contributed by atoms with Crippen LogP contribution in [0.25, 0.3) is 0 Å². The normalized spacial score (nSPS) is 13.4. The Morgan fingerprint density at radius 3 is 0.797 bits per heavy atom. The van der Waals surface area contributed by atoms with Crippen molar-refractivity contribution in [3.63, 3.8) is 0 Å². The minimum atomic E-state index is -0.825. The molecule has 0 aromatic heterocycles. The highest BCUT2D eigenvalue weighted by atomic mass is 16.6. The summed E-state index contributed by atoms with van der Waals surface area (Å²) < 4.78 is 16.8. The zero-order valence-electron chi connectivity index (χ0n) is 50.3. The highest BCUT2D eigenvalue weighted by Crippen LogP contribution is 2.13. The first-order chi connectivity index (χ1) is 39.0. The molecule has 0 amide bonds. The van der Waals surface area contributed by atoms with Gasteiger partial charge in [0.05, 0.1) is 0 Å². The Morgan fingerprint density at radius 2 is 0.494 bits per heavy atom. The van der Waals surface area contributed by atoms with Gasteiger partial charge in [-0.15, -0.1) is 0 Å². The van der Waals surface area contributed by atoms with Crippen molar-refractivity contribution in [3.8, 4) is 0 Å². The van der Waals surface area contributed by atoms with E-state index in [1.807, 2.05) is 0 Å². The highest BCUT2D eigenvalue weighted by Gasteiger charge is 2.19. The maximum Gasteiger partial charge on any atom is 0.306 e. The zero-order valence-corrected chi connectivity index (χ0v) is 50.3. The molecule has 0 spiro atoms. The second-order valence-electron chi connectivity index (χ2n) is 19.8. The van der Waals surface area contributed by atoms with Crippen molar-refractivity contribution in [2.45, 2.75) is 245 Å². The molecule has 0 aliphatic heterocycles. The van der Waals surface area contributed by atoms with Gasteiger partial charge in [0, 0.05) is 19.3 Å². The monoisotopic (exact) mass is 1080 g/mol. The lowest BCUT2D eigenvalue weighted by molar-refractivity contribution is -0.167. The largest absolute Gasteiger partial charge is 0.462 e. The van der Waals surface area contributed by atoms with Gasteiger partial charge in [-0.2, -0.15) is 0 Å². The van der Waals surface area contributed by atoms with E-state index in [0.29, 0.717) is 12.8 Å². The number of unbranched alkanes of at least 4 members (excludes halogenated alkanes) is 13. The molecule has 440 valence electrons. The summed E-state index contributed by atoms with van der Waals surface area (Å²) in [5, 5.41) is 0. The smallest absolute Gasteiger partial charge is 0.306 e. The van der Waals surface area contributed by atoms with Crippen LogP contribution in [-0.4, -0.2) is 37.2 Å². The Balaban J connectivity index is 4.52. The van der Waals surface area contributed by atoms with Crippen LogP contribution in [-0.2, 0) is 28.6 Å². The molecule has 0 aliphatic rings. The molecule has 0 bridgehead atoms. The van der Waals surface area contributed by atoms with Crippen molar-refractivity contribution in [2.75, 3.05) is 13.2 Å². The van der Waals surface area contributed by atoms with Gasteiger partial charge in [0.2, 0.25) is 0 Å². The molecule has 1 atom stereocenters. The number of hydrogen-bond donors (Lipinski definition) is 0. The summed E-state index contributed by atoms with van der Waals surface area (Å²) in [6.45, 7) is 6.27. The Bertz CT molecular complexity index is 1870. The van der Waals surface area contributed by atoms with Gasteiger partial charge < -0.3 is 14.2 Å². The second-order valence-corrected chi connectivity index (χ2v) is 19.8. The predicted octanol–water partition coefficient (Wildman–Crippen LogP) is 21.7. The van der Waals surface area contributed by atoms with Crippen LogP contribution in [0.1, 0.15) is 239 Å². The van der Waals surface area contributed by atoms with E-state index in [-0.39, 0.29) is 44.0 Å². The molecule has 79 heavy (non-hydrogen) atoms. The van der Waals surface area contributed by atoms with E-state index in [1.165, 1.54) is 6.42 Å². The topological polar surface area (TPSA) is 78.9 Å². The molecule has 0 aromatic carbocycles. The van der Waals surface area contributed by atoms with E-state index in [2.05, 4.69) is 203 Å². The number of rotatable bonds is 54. The fourth-order valence-corrected chi connectivity index (χ4v) is 7.76. The molecule has 0 saturated carbocycles. The average Bonchev–Trinajstić information content (AvgIpc) is 3.45. The first-order valence-corrected chi connectivity index (χ1v) is 31.3. The number of esters is 3. The molecular weight excluding hydrogens is 973 g/mol. The van der Waals surface area contributed by atoms with Crippen molar-refractivity contribution >= 4 is 17.9 Å². The van der Waals surface area contributed by atoms with Crippen molar-refractivity contribution in [3.05, 3.63) is 182 Å². The van der Waals surface area contributed by atoms with Gasteiger partial charge in [-0.1, -0.05) is 248 Å². The van der Waals surface area contributed by atoms with Gasteiger partial charge in [0.25, 0.3) is 0 Å². The van der Waals surface area contributed by atoms with Crippen LogP contribution in [0.15, 0.2) is 182 Å². The summed E-state index contributed by atoms with van der Waals surface area (Å²) in [7, 11) is 0. The summed E-state index contributed by atoms with van der Waals surface area (Å²) in [5.74, 6) is -1.00. The molecule has 0 radical (unpaired) electrons. The van der Waals surface area contributed by atoms with Gasteiger partial charge in [-0.3, -0.25) is 14.4 Å². The maximum atomic E-state index is 12.9. The molecule has 0 rings (SSSR count). The maximum absolute atomic E-state index is 12.9. The number of ether oxygens (including phenoxy) is 3. The molecule has 0 N–H and O–H groups in total. The van der Waals surface area contributed by atoms with Crippen LogP contribution >= 0.6 is 0 Å². The van der Waals surface area contributed by atoms with Gasteiger partial charge in [0.15, 0.2) is 6.10 Å². The Kier molecular flexibility index (Phi) is 60.5. The number of allylic oxidation sites excluding steroid dienone is 30. The van der Waals surface area contributed by atoms with Gasteiger partial charge in [0.1, 0.15) is 13.2 Å². The molecule has 1 unspecified atom stereocenters. The highest BCUT2D eigenvalue weighted by molar-refractivity contribution is 5.71. The molecule has 6 nitrogen and oxygen atoms in total. The summed E-state index contributed by atoms with van der Waals surface area (Å²) >= 11 is 0. The van der Waals surface area contributed by atoms with Gasteiger partial charge >= 0.3 is 17.9 Å². The van der Waals surface area contributed by atoms with Crippen molar-refractivity contribution < 1.29 is 28.6 Å². The summed E-state index contributed by atoms with van der Waals surface area (Å²) in [6, 6.07) is 0. The van der Waals surface area contributed by atoms with E-state index in [0.717, 1.165) is 186 Å². The molecule has 0 aromatic rings. The number of hydrogen-bond acceptors (Lipinski definition) is 6. The Hall–Kier alpha value is -5.49. The van der Waals surface area contributed by atoms with Crippen molar-refractivity contribution in [1.82, 2.24) is 0 Å². The standard InChI is InChI=1S/C73H112O6/c1-4-7-10-13-16-19-22-25-27-29-31-33-34-35-36-37-38-40-41-43-45-48-51-54-57-60-63-66-72(75)78-69-70(68-77-71(74)65-62-59-56-53-50-47-24-21-18-15-12-9-6-3)79-73(76)67-64-61-58-55-52-49-46-44-42-39-32-30-28-26-23-20-17-14-11-8-5-2/h7-8,10-12,15-17,19-21,24-28,31-33,35-36,38-40,43-46,51,54,70H,4-6,9,13-14,18,22-23,29-30,34,37,41-42,47-50,52-53,55-69H2,1-3H3/b10-7-,11-8-,15-12-,19-16-,20-17-,24-21-,27-25-,28-26-,33-31-,36-35-,39-32-,40-38-,45-43-,46-44-,54-51-. The summed E-state index contributed by atoms with van der Waals surface area (Å²) in [6.07, 6.45) is 97.5. The summed E-state index contributed by atoms with van der Waals surface area (Å²) in [5.41, 5.74) is 0. The first kappa shape index (κ1) is 73.5. The fourth-order valence-electron chi connectivity index (χ4n) is 7.76. The first-order valence-electron chi connectivity index (χ1n) is 31.3. The van der Waals surface area contributed by atoms with Crippen LogP contribution in [0.2, 0.25) is 0 Å². The molecule has 0 aliphatic carbocycles. The quantitative estimate of drug-likeness (QED) is 0.0261. The van der Waals surface area contributed by atoms with E-state index < -0.39 is 6.10 Å². The third kappa shape index (κ3) is 63.2. The fraction of sp³-hybridized carbons (Fsp3) is 0.548. The summed E-state index contributed by atoms with van der Waals surface area (Å²) in [4.78, 5) is 38.3. The van der Waals surface area contributed by atoms with Crippen LogP contribution in [0.5, 0.6) is 0 Å².